The third kappa shape index (κ3) is 3.95. The van der Waals surface area contributed by atoms with E-state index in [4.69, 9.17) is 9.26 Å². The van der Waals surface area contributed by atoms with E-state index in [0.717, 1.165) is 11.3 Å². The Morgan fingerprint density at radius 3 is 2.79 bits per heavy atom. The van der Waals surface area contributed by atoms with Crippen LogP contribution in [0.25, 0.3) is 11.4 Å². The number of nitrogens with zero attached hydrogens (tertiary/aromatic N) is 3. The Kier molecular flexibility index (Phi) is 4.81. The van der Waals surface area contributed by atoms with Gasteiger partial charge in [0.1, 0.15) is 5.75 Å². The van der Waals surface area contributed by atoms with Crippen molar-refractivity contribution in [3.8, 4) is 17.1 Å². The van der Waals surface area contributed by atoms with Crippen LogP contribution in [-0.4, -0.2) is 28.1 Å². The Morgan fingerprint density at radius 2 is 2.08 bits per heavy atom. The Hall–Kier alpha value is -3.22. The number of carbonyl (C=O) groups excluding carboxylic acids is 1. The summed E-state index contributed by atoms with van der Waals surface area (Å²) in [6, 6.07) is 10.8. The van der Waals surface area contributed by atoms with Crippen molar-refractivity contribution in [1.82, 2.24) is 15.1 Å². The predicted octanol–water partition coefficient (Wildman–Crippen LogP) is 2.71. The summed E-state index contributed by atoms with van der Waals surface area (Å²) >= 11 is 0. The summed E-state index contributed by atoms with van der Waals surface area (Å²) in [5, 5.41) is 6.70. The number of hydrogen-bond acceptors (Lipinski definition) is 6. The van der Waals surface area contributed by atoms with Gasteiger partial charge in [-0.3, -0.25) is 9.78 Å². The van der Waals surface area contributed by atoms with Gasteiger partial charge < -0.3 is 14.6 Å². The molecule has 7 nitrogen and oxygen atoms in total. The molecule has 2 aromatic heterocycles. The van der Waals surface area contributed by atoms with Gasteiger partial charge in [0.05, 0.1) is 7.11 Å². The number of methoxy groups -OCH3 is 1. The van der Waals surface area contributed by atoms with Crippen molar-refractivity contribution < 1.29 is 14.1 Å². The number of pyridine rings is 1. The molecule has 0 fully saturated rings. The van der Waals surface area contributed by atoms with E-state index in [-0.39, 0.29) is 12.3 Å². The maximum atomic E-state index is 12.0. The first kappa shape index (κ1) is 15.7. The summed E-state index contributed by atoms with van der Waals surface area (Å²) in [6.07, 6.45) is 3.95. The zero-order valence-corrected chi connectivity index (χ0v) is 13.1. The van der Waals surface area contributed by atoms with Crippen molar-refractivity contribution in [2.24, 2.45) is 0 Å². The number of carbonyl (C=O) groups is 1. The molecule has 0 spiro atoms. The van der Waals surface area contributed by atoms with Crippen molar-refractivity contribution in [3.63, 3.8) is 0 Å². The van der Waals surface area contributed by atoms with Crippen molar-refractivity contribution in [1.29, 1.82) is 0 Å². The lowest BCUT2D eigenvalue weighted by atomic mass is 10.2. The molecular weight excluding hydrogens is 308 g/mol. The van der Waals surface area contributed by atoms with Crippen molar-refractivity contribution >= 4 is 11.6 Å². The number of aromatic nitrogens is 3. The van der Waals surface area contributed by atoms with Crippen LogP contribution < -0.4 is 10.1 Å². The molecule has 122 valence electrons. The largest absolute Gasteiger partial charge is 0.497 e. The molecule has 0 bridgehead atoms. The average Bonchev–Trinajstić information content (AvgIpc) is 3.10. The standard InChI is InChI=1S/C17H16N4O3/c1-23-14-6-4-13(5-7-14)19-15(22)8-9-16-20-17(21-24-16)12-3-2-10-18-11-12/h2-7,10-11H,8-9H2,1H3,(H,19,22). The minimum absolute atomic E-state index is 0.124. The van der Waals surface area contributed by atoms with Gasteiger partial charge in [0.2, 0.25) is 17.6 Å². The molecule has 0 saturated heterocycles. The molecule has 0 unspecified atom stereocenters. The highest BCUT2D eigenvalue weighted by atomic mass is 16.5. The summed E-state index contributed by atoms with van der Waals surface area (Å²) in [7, 11) is 1.59. The van der Waals surface area contributed by atoms with E-state index in [1.54, 1.807) is 49.8 Å². The molecular formula is C17H16N4O3. The van der Waals surface area contributed by atoms with Crippen molar-refractivity contribution in [3.05, 3.63) is 54.7 Å². The summed E-state index contributed by atoms with van der Waals surface area (Å²) in [5.41, 5.74) is 1.48. The first-order valence-corrected chi connectivity index (χ1v) is 7.41. The number of amides is 1. The Balaban J connectivity index is 1.53. The molecule has 1 aromatic carbocycles. The predicted molar refractivity (Wildman–Crippen MR) is 87.5 cm³/mol. The van der Waals surface area contributed by atoms with Crippen molar-refractivity contribution in [2.45, 2.75) is 12.8 Å². The second-order valence-corrected chi connectivity index (χ2v) is 5.03. The van der Waals surface area contributed by atoms with Gasteiger partial charge in [0.25, 0.3) is 0 Å². The van der Waals surface area contributed by atoms with Crippen LogP contribution in [0.5, 0.6) is 5.75 Å². The highest BCUT2D eigenvalue weighted by molar-refractivity contribution is 5.90. The Labute approximate surface area is 138 Å². The van der Waals surface area contributed by atoms with Crippen LogP contribution in [0.15, 0.2) is 53.3 Å². The van der Waals surface area contributed by atoms with Crippen molar-refractivity contribution in [2.75, 3.05) is 12.4 Å². The lowest BCUT2D eigenvalue weighted by Gasteiger charge is -2.05. The van der Waals surface area contributed by atoms with E-state index < -0.39 is 0 Å². The third-order valence-electron chi connectivity index (χ3n) is 3.33. The lowest BCUT2D eigenvalue weighted by molar-refractivity contribution is -0.116. The number of aryl methyl sites for hydroxylation is 1. The zero-order valence-electron chi connectivity index (χ0n) is 13.1. The van der Waals surface area contributed by atoms with Gasteiger partial charge >= 0.3 is 0 Å². The first-order valence-electron chi connectivity index (χ1n) is 7.41. The van der Waals surface area contributed by atoms with Crippen LogP contribution in [-0.2, 0) is 11.2 Å². The minimum Gasteiger partial charge on any atom is -0.497 e. The molecule has 3 rings (SSSR count). The number of benzene rings is 1. The maximum absolute atomic E-state index is 12.0. The molecule has 3 aromatic rings. The van der Waals surface area contributed by atoms with Crippen LogP contribution in [0, 0.1) is 0 Å². The summed E-state index contributed by atoms with van der Waals surface area (Å²) in [6.45, 7) is 0. The molecule has 0 aliphatic rings. The Bertz CT molecular complexity index is 800. The van der Waals surface area contributed by atoms with E-state index in [1.807, 2.05) is 6.07 Å². The Morgan fingerprint density at radius 1 is 1.25 bits per heavy atom. The summed E-state index contributed by atoms with van der Waals surface area (Å²) in [4.78, 5) is 20.3. The second kappa shape index (κ2) is 7.36. The smallest absolute Gasteiger partial charge is 0.227 e. The minimum atomic E-state index is -0.124. The van der Waals surface area contributed by atoms with Gasteiger partial charge in [-0.15, -0.1) is 0 Å². The second-order valence-electron chi connectivity index (χ2n) is 5.03. The van der Waals surface area contributed by atoms with Crippen LogP contribution in [0.3, 0.4) is 0 Å². The number of anilines is 1. The lowest BCUT2D eigenvalue weighted by Crippen LogP contribution is -2.12. The van der Waals surface area contributed by atoms with E-state index in [9.17, 15) is 4.79 Å². The quantitative estimate of drug-likeness (QED) is 0.750. The monoisotopic (exact) mass is 324 g/mol. The molecule has 1 N–H and O–H groups in total. The molecule has 0 radical (unpaired) electrons. The highest BCUT2D eigenvalue weighted by Gasteiger charge is 2.11. The van der Waals surface area contributed by atoms with Gasteiger partial charge in [-0.1, -0.05) is 5.16 Å². The molecule has 0 aliphatic carbocycles. The van der Waals surface area contributed by atoms with Gasteiger partial charge in [-0.2, -0.15) is 4.98 Å². The van der Waals surface area contributed by atoms with Crippen LogP contribution in [0.1, 0.15) is 12.3 Å². The van der Waals surface area contributed by atoms with Crippen LogP contribution in [0.4, 0.5) is 5.69 Å². The fourth-order valence-corrected chi connectivity index (χ4v) is 2.09. The van der Waals surface area contributed by atoms with Crippen LogP contribution >= 0.6 is 0 Å². The van der Waals surface area contributed by atoms with Gasteiger partial charge in [0, 0.05) is 36.5 Å². The van der Waals surface area contributed by atoms with E-state index in [1.165, 1.54) is 0 Å². The number of hydrogen-bond donors (Lipinski definition) is 1. The van der Waals surface area contributed by atoms with Crippen LogP contribution in [0.2, 0.25) is 0 Å². The highest BCUT2D eigenvalue weighted by Crippen LogP contribution is 2.16. The average molecular weight is 324 g/mol. The number of nitrogens with one attached hydrogen (secondary N) is 1. The maximum Gasteiger partial charge on any atom is 0.227 e. The van der Waals surface area contributed by atoms with Gasteiger partial charge in [-0.25, -0.2) is 0 Å². The number of rotatable bonds is 6. The molecule has 0 aliphatic heterocycles. The van der Waals surface area contributed by atoms with Gasteiger partial charge in [0.15, 0.2) is 0 Å². The fraction of sp³-hybridized carbons (Fsp3) is 0.176. The SMILES string of the molecule is COc1ccc(NC(=O)CCc2nc(-c3cccnc3)no2)cc1. The molecule has 0 saturated carbocycles. The molecule has 24 heavy (non-hydrogen) atoms. The van der Waals surface area contributed by atoms with E-state index in [0.29, 0.717) is 23.8 Å². The van der Waals surface area contributed by atoms with E-state index >= 15 is 0 Å². The molecule has 1 amide bonds. The molecule has 7 heteroatoms. The zero-order chi connectivity index (χ0) is 16.8. The van der Waals surface area contributed by atoms with Gasteiger partial charge in [-0.05, 0) is 36.4 Å². The van der Waals surface area contributed by atoms with E-state index in [2.05, 4.69) is 20.4 Å². The molecule has 0 atom stereocenters. The number of ether oxygens (including phenoxy) is 1. The fourth-order valence-electron chi connectivity index (χ4n) is 2.09. The molecule has 2 heterocycles. The summed E-state index contributed by atoms with van der Waals surface area (Å²) in [5.74, 6) is 1.50. The topological polar surface area (TPSA) is 90.1 Å². The normalized spacial score (nSPS) is 10.4. The first-order chi connectivity index (χ1) is 11.7. The summed E-state index contributed by atoms with van der Waals surface area (Å²) < 4.78 is 10.2. The third-order valence-corrected chi connectivity index (χ3v) is 3.33.